The van der Waals surface area contributed by atoms with Gasteiger partial charge in [-0.15, -0.1) is 0 Å². The molecule has 2 N–H and O–H groups in total. The summed E-state index contributed by atoms with van der Waals surface area (Å²) in [5.74, 6) is 0.309. The molecular formula is C18H28N2O3. The second-order valence-corrected chi connectivity index (χ2v) is 7.18. The number of aryl methyl sites for hydroxylation is 1. The Balaban J connectivity index is 1.86. The van der Waals surface area contributed by atoms with Crippen LogP contribution in [0.3, 0.4) is 0 Å². The van der Waals surface area contributed by atoms with Crippen LogP contribution in [0.4, 0.5) is 4.79 Å². The molecule has 1 aromatic carbocycles. The Hall–Kier alpha value is -1.75. The molecule has 1 amide bonds. The Morgan fingerprint density at radius 2 is 2.17 bits per heavy atom. The first-order valence-electron chi connectivity index (χ1n) is 8.25. The summed E-state index contributed by atoms with van der Waals surface area (Å²) in [4.78, 5) is 13.5. The molecule has 2 rings (SSSR count). The van der Waals surface area contributed by atoms with Gasteiger partial charge in [-0.2, -0.15) is 0 Å². The van der Waals surface area contributed by atoms with Gasteiger partial charge in [-0.1, -0.05) is 6.07 Å². The third kappa shape index (κ3) is 5.13. The fraction of sp³-hybridized carbons (Fsp3) is 0.611. The van der Waals surface area contributed by atoms with Crippen molar-refractivity contribution in [2.45, 2.75) is 51.7 Å². The highest BCUT2D eigenvalue weighted by Crippen LogP contribution is 2.31. The fourth-order valence-electron chi connectivity index (χ4n) is 2.84. The van der Waals surface area contributed by atoms with Gasteiger partial charge in [-0.3, -0.25) is 0 Å². The largest absolute Gasteiger partial charge is 0.508 e. The maximum atomic E-state index is 11.9. The highest BCUT2D eigenvalue weighted by atomic mass is 16.6. The number of carbonyl (C=O) groups is 1. The quantitative estimate of drug-likeness (QED) is 0.894. The lowest BCUT2D eigenvalue weighted by atomic mass is 9.87. The summed E-state index contributed by atoms with van der Waals surface area (Å²) >= 11 is 0. The molecule has 1 unspecified atom stereocenters. The number of benzene rings is 1. The number of fused-ring (bicyclic) bond motifs is 1. The normalized spacial score (nSPS) is 17.5. The smallest absolute Gasteiger partial charge is 0.410 e. The van der Waals surface area contributed by atoms with E-state index in [1.54, 1.807) is 18.0 Å². The Bertz CT molecular complexity index is 552. The maximum absolute atomic E-state index is 11.9. The van der Waals surface area contributed by atoms with Crippen LogP contribution in [0.2, 0.25) is 0 Å². The van der Waals surface area contributed by atoms with Gasteiger partial charge in [0.15, 0.2) is 0 Å². The van der Waals surface area contributed by atoms with Crippen molar-refractivity contribution in [2.24, 2.45) is 0 Å². The van der Waals surface area contributed by atoms with Crippen LogP contribution in [0.25, 0.3) is 0 Å². The average Bonchev–Trinajstić information content (AvgIpc) is 2.45. The predicted molar refractivity (Wildman–Crippen MR) is 90.7 cm³/mol. The molecule has 128 valence electrons. The Morgan fingerprint density at radius 1 is 1.43 bits per heavy atom. The molecule has 0 saturated heterocycles. The summed E-state index contributed by atoms with van der Waals surface area (Å²) in [6.07, 6.45) is 2.94. The number of phenols is 1. The number of amides is 1. The molecule has 0 radical (unpaired) electrons. The second-order valence-electron chi connectivity index (χ2n) is 7.18. The van der Waals surface area contributed by atoms with E-state index in [2.05, 4.69) is 5.32 Å². The lowest BCUT2D eigenvalue weighted by Crippen LogP contribution is -2.39. The van der Waals surface area contributed by atoms with Crippen LogP contribution in [0, 0.1) is 0 Å². The third-order valence-corrected chi connectivity index (χ3v) is 3.99. The first-order valence-corrected chi connectivity index (χ1v) is 8.25. The van der Waals surface area contributed by atoms with Crippen molar-refractivity contribution in [3.63, 3.8) is 0 Å². The van der Waals surface area contributed by atoms with Crippen molar-refractivity contribution in [1.82, 2.24) is 10.2 Å². The van der Waals surface area contributed by atoms with Gasteiger partial charge in [0, 0.05) is 26.2 Å². The van der Waals surface area contributed by atoms with Crippen molar-refractivity contribution < 1.29 is 14.6 Å². The van der Waals surface area contributed by atoms with Crippen LogP contribution in [0.5, 0.6) is 5.75 Å². The van der Waals surface area contributed by atoms with E-state index in [-0.39, 0.29) is 12.1 Å². The van der Waals surface area contributed by atoms with Crippen LogP contribution in [0.15, 0.2) is 18.2 Å². The topological polar surface area (TPSA) is 61.8 Å². The predicted octanol–water partition coefficient (Wildman–Crippen LogP) is 3.23. The number of hydrogen-bond acceptors (Lipinski definition) is 4. The average molecular weight is 320 g/mol. The van der Waals surface area contributed by atoms with Gasteiger partial charge in [-0.05, 0) is 63.3 Å². The zero-order valence-electron chi connectivity index (χ0n) is 14.6. The maximum Gasteiger partial charge on any atom is 0.410 e. The number of rotatable bonds is 4. The summed E-state index contributed by atoms with van der Waals surface area (Å²) in [6.45, 7) is 6.86. The number of hydrogen-bond donors (Lipinski definition) is 2. The van der Waals surface area contributed by atoms with Gasteiger partial charge in [0.05, 0.1) is 0 Å². The first-order chi connectivity index (χ1) is 10.8. The summed E-state index contributed by atoms with van der Waals surface area (Å²) < 4.78 is 5.34. The van der Waals surface area contributed by atoms with E-state index in [4.69, 9.17) is 4.74 Å². The minimum absolute atomic E-state index is 0.234. The number of ether oxygens (including phenoxy) is 1. The Kier molecular flexibility index (Phi) is 5.52. The van der Waals surface area contributed by atoms with Gasteiger partial charge >= 0.3 is 6.09 Å². The first kappa shape index (κ1) is 17.6. The summed E-state index contributed by atoms with van der Waals surface area (Å²) in [5.41, 5.74) is 2.00. The molecule has 23 heavy (non-hydrogen) atoms. The number of nitrogens with zero attached hydrogens (tertiary/aromatic N) is 1. The van der Waals surface area contributed by atoms with Gasteiger partial charge in [0.1, 0.15) is 11.4 Å². The summed E-state index contributed by atoms with van der Waals surface area (Å²) in [5, 5.41) is 13.2. The molecule has 1 aromatic rings. The van der Waals surface area contributed by atoms with Gasteiger partial charge in [0.25, 0.3) is 0 Å². The SMILES string of the molecule is CN(CCNC1CCCc2ccc(O)cc21)C(=O)OC(C)(C)C. The van der Waals surface area contributed by atoms with E-state index in [1.807, 2.05) is 32.9 Å². The molecule has 0 spiro atoms. The fourth-order valence-corrected chi connectivity index (χ4v) is 2.84. The highest BCUT2D eigenvalue weighted by molar-refractivity contribution is 5.67. The monoisotopic (exact) mass is 320 g/mol. The molecule has 1 aliphatic carbocycles. The Morgan fingerprint density at radius 3 is 2.87 bits per heavy atom. The molecule has 0 aliphatic heterocycles. The van der Waals surface area contributed by atoms with E-state index in [9.17, 15) is 9.90 Å². The van der Waals surface area contributed by atoms with Crippen molar-refractivity contribution in [2.75, 3.05) is 20.1 Å². The molecule has 5 heteroatoms. The van der Waals surface area contributed by atoms with Gasteiger partial charge in [0.2, 0.25) is 0 Å². The lowest BCUT2D eigenvalue weighted by molar-refractivity contribution is 0.0299. The van der Waals surface area contributed by atoms with Crippen LogP contribution in [-0.4, -0.2) is 41.8 Å². The van der Waals surface area contributed by atoms with Crippen molar-refractivity contribution in [3.8, 4) is 5.75 Å². The van der Waals surface area contributed by atoms with Crippen molar-refractivity contribution in [1.29, 1.82) is 0 Å². The molecule has 5 nitrogen and oxygen atoms in total. The van der Waals surface area contributed by atoms with E-state index in [1.165, 1.54) is 11.1 Å². The van der Waals surface area contributed by atoms with Gasteiger partial charge < -0.3 is 20.1 Å². The number of carbonyl (C=O) groups excluding carboxylic acids is 1. The minimum atomic E-state index is -0.474. The zero-order chi connectivity index (χ0) is 17.0. The van der Waals surface area contributed by atoms with Crippen molar-refractivity contribution in [3.05, 3.63) is 29.3 Å². The zero-order valence-corrected chi connectivity index (χ0v) is 14.6. The lowest BCUT2D eigenvalue weighted by Gasteiger charge is -2.28. The minimum Gasteiger partial charge on any atom is -0.508 e. The molecule has 0 fully saturated rings. The second kappa shape index (κ2) is 7.21. The highest BCUT2D eigenvalue weighted by Gasteiger charge is 2.22. The van der Waals surface area contributed by atoms with Crippen LogP contribution < -0.4 is 5.32 Å². The summed E-state index contributed by atoms with van der Waals surface area (Å²) in [7, 11) is 1.75. The molecule has 0 aromatic heterocycles. The van der Waals surface area contributed by atoms with Crippen LogP contribution in [-0.2, 0) is 11.2 Å². The van der Waals surface area contributed by atoms with E-state index in [0.717, 1.165) is 19.3 Å². The molecule has 0 saturated carbocycles. The molecule has 0 heterocycles. The van der Waals surface area contributed by atoms with Crippen LogP contribution >= 0.6 is 0 Å². The number of likely N-dealkylation sites (N-methyl/N-ethyl adjacent to an activating group) is 1. The van der Waals surface area contributed by atoms with E-state index >= 15 is 0 Å². The van der Waals surface area contributed by atoms with Crippen molar-refractivity contribution >= 4 is 6.09 Å². The Labute approximate surface area is 138 Å². The van der Waals surface area contributed by atoms with E-state index in [0.29, 0.717) is 18.8 Å². The standard InChI is InChI=1S/C18H28N2O3/c1-18(2,3)23-17(22)20(4)11-10-19-16-7-5-6-13-8-9-14(21)12-15(13)16/h8-9,12,16,19,21H,5-7,10-11H2,1-4H3. The summed E-state index contributed by atoms with van der Waals surface area (Å²) in [6, 6.07) is 5.84. The molecule has 1 atom stereocenters. The van der Waals surface area contributed by atoms with Gasteiger partial charge in [-0.25, -0.2) is 4.79 Å². The van der Waals surface area contributed by atoms with Crippen LogP contribution in [0.1, 0.15) is 50.8 Å². The third-order valence-electron chi connectivity index (χ3n) is 3.99. The van der Waals surface area contributed by atoms with E-state index < -0.39 is 5.60 Å². The number of nitrogens with one attached hydrogen (secondary N) is 1. The molecular weight excluding hydrogens is 292 g/mol. The molecule has 1 aliphatic rings. The number of phenolic OH excluding ortho intramolecular Hbond substituents is 1. The molecule has 0 bridgehead atoms. The number of aromatic hydroxyl groups is 1.